The van der Waals surface area contributed by atoms with E-state index in [9.17, 15) is 4.79 Å². The number of benzene rings is 3. The van der Waals surface area contributed by atoms with Gasteiger partial charge in [0, 0.05) is 9.13 Å². The Labute approximate surface area is 218 Å². The first-order valence-electron chi connectivity index (χ1n) is 9.33. The standard InChI is InChI=1S/C23H19ClI2N2O4/c1-30-20-11-16(5-8-19(20)26)23(29)28-27-12-15-9-18(24)22(21(10-15)31-2)32-13-14-3-6-17(25)7-4-14/h3-12H,13H2,1-2H3,(H,28,29)/b27-12-. The average Bonchev–Trinajstić information content (AvgIpc) is 2.79. The molecule has 32 heavy (non-hydrogen) atoms. The number of hydrazone groups is 1. The molecule has 166 valence electrons. The molecule has 9 heteroatoms. The normalized spacial score (nSPS) is 10.8. The first kappa shape index (κ1) is 24.6. The van der Waals surface area contributed by atoms with Gasteiger partial charge in [0.25, 0.3) is 5.91 Å². The van der Waals surface area contributed by atoms with E-state index in [1.165, 1.54) is 13.3 Å². The van der Waals surface area contributed by atoms with Crippen LogP contribution < -0.4 is 19.6 Å². The van der Waals surface area contributed by atoms with Crippen LogP contribution in [-0.4, -0.2) is 26.3 Å². The molecule has 0 saturated carbocycles. The van der Waals surface area contributed by atoms with E-state index in [1.807, 2.05) is 24.3 Å². The van der Waals surface area contributed by atoms with Crippen molar-refractivity contribution in [2.24, 2.45) is 5.10 Å². The molecule has 1 N–H and O–H groups in total. The highest BCUT2D eigenvalue weighted by Gasteiger charge is 2.12. The first-order valence-corrected chi connectivity index (χ1v) is 11.9. The summed E-state index contributed by atoms with van der Waals surface area (Å²) >= 11 is 10.8. The molecule has 0 aliphatic rings. The second-order valence-corrected chi connectivity index (χ2v) is 9.31. The van der Waals surface area contributed by atoms with Crippen LogP contribution >= 0.6 is 56.8 Å². The largest absolute Gasteiger partial charge is 0.496 e. The van der Waals surface area contributed by atoms with Gasteiger partial charge in [-0.2, -0.15) is 5.10 Å². The molecule has 0 aromatic heterocycles. The van der Waals surface area contributed by atoms with E-state index >= 15 is 0 Å². The quantitative estimate of drug-likeness (QED) is 0.183. The monoisotopic (exact) mass is 676 g/mol. The fourth-order valence-electron chi connectivity index (χ4n) is 2.72. The van der Waals surface area contributed by atoms with Crippen LogP contribution in [0.4, 0.5) is 0 Å². The maximum Gasteiger partial charge on any atom is 0.271 e. The lowest BCUT2D eigenvalue weighted by atomic mass is 10.2. The Bertz CT molecular complexity index is 1140. The lowest BCUT2D eigenvalue weighted by molar-refractivity contribution is 0.0954. The maximum atomic E-state index is 12.3. The van der Waals surface area contributed by atoms with Gasteiger partial charge < -0.3 is 14.2 Å². The van der Waals surface area contributed by atoms with Gasteiger partial charge >= 0.3 is 0 Å². The van der Waals surface area contributed by atoms with Crippen LogP contribution in [0.5, 0.6) is 17.2 Å². The number of nitrogens with one attached hydrogen (secondary N) is 1. The minimum atomic E-state index is -0.355. The number of rotatable bonds is 8. The number of nitrogens with zero attached hydrogens (tertiary/aromatic N) is 1. The molecule has 0 heterocycles. The minimum absolute atomic E-state index is 0.355. The van der Waals surface area contributed by atoms with Crippen molar-refractivity contribution in [3.05, 3.63) is 83.5 Å². The third-order valence-electron chi connectivity index (χ3n) is 4.34. The lowest BCUT2D eigenvalue weighted by Crippen LogP contribution is -2.17. The van der Waals surface area contributed by atoms with Crippen molar-refractivity contribution in [2.45, 2.75) is 6.61 Å². The Kier molecular flexibility index (Phi) is 9.00. The zero-order valence-corrected chi connectivity index (χ0v) is 22.3. The summed E-state index contributed by atoms with van der Waals surface area (Å²) in [5.74, 6) is 1.18. The third-order valence-corrected chi connectivity index (χ3v) is 6.23. The van der Waals surface area contributed by atoms with Gasteiger partial charge in [-0.25, -0.2) is 5.43 Å². The molecule has 0 bridgehead atoms. The predicted molar refractivity (Wildman–Crippen MR) is 142 cm³/mol. The Hall–Kier alpha value is -2.05. The Morgan fingerprint density at radius 1 is 1.03 bits per heavy atom. The van der Waals surface area contributed by atoms with Gasteiger partial charge in [-0.05, 0) is 98.8 Å². The zero-order chi connectivity index (χ0) is 23.1. The second kappa shape index (κ2) is 11.7. The number of halogens is 3. The molecule has 1 amide bonds. The van der Waals surface area contributed by atoms with Gasteiger partial charge in [0.2, 0.25) is 0 Å². The number of methoxy groups -OCH3 is 2. The van der Waals surface area contributed by atoms with Gasteiger partial charge in [-0.15, -0.1) is 0 Å². The van der Waals surface area contributed by atoms with E-state index in [0.29, 0.717) is 40.0 Å². The molecular formula is C23H19ClI2N2O4. The van der Waals surface area contributed by atoms with Gasteiger partial charge in [-0.3, -0.25) is 4.79 Å². The second-order valence-electron chi connectivity index (χ2n) is 6.50. The van der Waals surface area contributed by atoms with E-state index in [2.05, 4.69) is 55.7 Å². The van der Waals surface area contributed by atoms with Crippen LogP contribution in [-0.2, 0) is 6.61 Å². The van der Waals surface area contributed by atoms with E-state index < -0.39 is 0 Å². The average molecular weight is 677 g/mol. The minimum Gasteiger partial charge on any atom is -0.496 e. The number of hydrogen-bond acceptors (Lipinski definition) is 5. The van der Waals surface area contributed by atoms with Gasteiger partial charge in [0.15, 0.2) is 11.5 Å². The predicted octanol–water partition coefficient (Wildman–Crippen LogP) is 5.91. The maximum absolute atomic E-state index is 12.3. The summed E-state index contributed by atoms with van der Waals surface area (Å²) in [6.45, 7) is 0.357. The summed E-state index contributed by atoms with van der Waals surface area (Å²) in [5.41, 5.74) is 4.60. The van der Waals surface area contributed by atoms with Crippen molar-refractivity contribution >= 4 is 68.9 Å². The Morgan fingerprint density at radius 2 is 1.75 bits per heavy atom. The summed E-state index contributed by atoms with van der Waals surface area (Å²) in [5, 5.41) is 4.40. The molecule has 0 saturated heterocycles. The molecule has 0 unspecified atom stereocenters. The van der Waals surface area contributed by atoms with E-state index in [0.717, 1.165) is 12.7 Å². The van der Waals surface area contributed by atoms with Crippen LogP contribution in [0, 0.1) is 7.14 Å². The SMILES string of the molecule is COc1cc(C(=O)N/N=C\c2cc(Cl)c(OCc3ccc(I)cc3)c(OC)c2)ccc1I. The summed E-state index contributed by atoms with van der Waals surface area (Å²) in [6.07, 6.45) is 1.49. The molecule has 0 aliphatic heterocycles. The van der Waals surface area contributed by atoms with Crippen molar-refractivity contribution in [1.29, 1.82) is 0 Å². The number of ether oxygens (including phenoxy) is 3. The molecule has 0 radical (unpaired) electrons. The first-order chi connectivity index (χ1) is 15.4. The molecule has 3 aromatic carbocycles. The molecule has 0 fully saturated rings. The summed E-state index contributed by atoms with van der Waals surface area (Å²) in [6, 6.07) is 16.6. The molecule has 0 aliphatic carbocycles. The zero-order valence-electron chi connectivity index (χ0n) is 17.2. The fraction of sp³-hybridized carbons (Fsp3) is 0.130. The van der Waals surface area contributed by atoms with Crippen molar-refractivity contribution in [3.63, 3.8) is 0 Å². The number of carbonyl (C=O) groups is 1. The molecule has 0 atom stereocenters. The van der Waals surface area contributed by atoms with Gasteiger partial charge in [0.05, 0.1) is 29.0 Å². The van der Waals surface area contributed by atoms with Crippen LogP contribution in [0.15, 0.2) is 59.7 Å². The van der Waals surface area contributed by atoms with Crippen LogP contribution in [0.2, 0.25) is 5.02 Å². The molecular weight excluding hydrogens is 658 g/mol. The Balaban J connectivity index is 1.69. The van der Waals surface area contributed by atoms with Crippen LogP contribution in [0.3, 0.4) is 0 Å². The van der Waals surface area contributed by atoms with Crippen molar-refractivity contribution in [2.75, 3.05) is 14.2 Å². The number of amides is 1. The molecule has 0 spiro atoms. The summed E-state index contributed by atoms with van der Waals surface area (Å²) < 4.78 is 18.6. The number of carbonyl (C=O) groups excluding carboxylic acids is 1. The van der Waals surface area contributed by atoms with E-state index in [-0.39, 0.29) is 5.91 Å². The summed E-state index contributed by atoms with van der Waals surface area (Å²) in [7, 11) is 3.10. The molecule has 6 nitrogen and oxygen atoms in total. The molecule has 3 rings (SSSR count). The van der Waals surface area contributed by atoms with Crippen molar-refractivity contribution in [3.8, 4) is 17.2 Å². The van der Waals surface area contributed by atoms with Crippen LogP contribution in [0.1, 0.15) is 21.5 Å². The van der Waals surface area contributed by atoms with Gasteiger partial charge in [-0.1, -0.05) is 23.7 Å². The topological polar surface area (TPSA) is 69.2 Å². The Morgan fingerprint density at radius 3 is 2.44 bits per heavy atom. The summed E-state index contributed by atoms with van der Waals surface area (Å²) in [4.78, 5) is 12.3. The van der Waals surface area contributed by atoms with E-state index in [1.54, 1.807) is 37.4 Å². The van der Waals surface area contributed by atoms with Crippen molar-refractivity contribution in [1.82, 2.24) is 5.43 Å². The van der Waals surface area contributed by atoms with Gasteiger partial charge in [0.1, 0.15) is 12.4 Å². The van der Waals surface area contributed by atoms with E-state index in [4.69, 9.17) is 25.8 Å². The van der Waals surface area contributed by atoms with Crippen molar-refractivity contribution < 1.29 is 19.0 Å². The highest BCUT2D eigenvalue weighted by molar-refractivity contribution is 14.1. The number of hydrogen-bond donors (Lipinski definition) is 1. The highest BCUT2D eigenvalue weighted by atomic mass is 127. The molecule has 3 aromatic rings. The fourth-order valence-corrected chi connectivity index (χ4v) is 3.91. The third kappa shape index (κ3) is 6.48. The van der Waals surface area contributed by atoms with Crippen LogP contribution in [0.25, 0.3) is 0 Å². The lowest BCUT2D eigenvalue weighted by Gasteiger charge is -2.13. The highest BCUT2D eigenvalue weighted by Crippen LogP contribution is 2.36. The smallest absolute Gasteiger partial charge is 0.271 e.